The Labute approximate surface area is 112 Å². The van der Waals surface area contributed by atoms with Crippen LogP contribution >= 0.6 is 15.9 Å². The number of halogens is 4. The number of aryl methyl sites for hydroxylation is 2. The number of hydrogen-bond donors (Lipinski definition) is 1. The second kappa shape index (κ2) is 5.61. The first-order chi connectivity index (χ1) is 8.25. The lowest BCUT2D eigenvalue weighted by atomic mass is 10.1. The van der Waals surface area contributed by atoms with Crippen molar-refractivity contribution >= 4 is 21.6 Å². The number of alkyl halides is 3. The molecule has 0 aliphatic heterocycles. The molecule has 1 unspecified atom stereocenters. The molecule has 0 bridgehead atoms. The van der Waals surface area contributed by atoms with Crippen molar-refractivity contribution in [2.75, 3.05) is 11.9 Å². The Hall–Kier alpha value is -1.22. The second-order valence-corrected chi connectivity index (χ2v) is 4.82. The van der Waals surface area contributed by atoms with Crippen LogP contribution in [0.4, 0.5) is 18.9 Å². The maximum Gasteiger partial charge on any atom is 0.406 e. The van der Waals surface area contributed by atoms with Crippen molar-refractivity contribution in [1.29, 1.82) is 5.26 Å². The minimum atomic E-state index is -4.50. The summed E-state index contributed by atoms with van der Waals surface area (Å²) in [7, 11) is 0. The van der Waals surface area contributed by atoms with Gasteiger partial charge in [0.05, 0.1) is 6.07 Å². The third-order valence-electron chi connectivity index (χ3n) is 2.50. The average molecular weight is 321 g/mol. The molecule has 0 aliphatic rings. The molecular weight excluding hydrogens is 309 g/mol. The highest BCUT2D eigenvalue weighted by Crippen LogP contribution is 2.28. The van der Waals surface area contributed by atoms with Gasteiger partial charge in [-0.15, -0.1) is 0 Å². The van der Waals surface area contributed by atoms with E-state index >= 15 is 0 Å². The molecule has 2 nitrogen and oxygen atoms in total. The van der Waals surface area contributed by atoms with Gasteiger partial charge in [-0.3, -0.25) is 0 Å². The first kappa shape index (κ1) is 14.8. The van der Waals surface area contributed by atoms with Gasteiger partial charge in [0.25, 0.3) is 0 Å². The van der Waals surface area contributed by atoms with Crippen molar-refractivity contribution in [3.63, 3.8) is 0 Å². The molecule has 0 fully saturated rings. The van der Waals surface area contributed by atoms with Crippen LogP contribution in [0.1, 0.15) is 11.1 Å². The lowest BCUT2D eigenvalue weighted by molar-refractivity contribution is -0.155. The molecule has 1 aromatic rings. The summed E-state index contributed by atoms with van der Waals surface area (Å²) in [4.78, 5) is 0. The normalized spacial score (nSPS) is 12.9. The Morgan fingerprint density at radius 1 is 1.33 bits per heavy atom. The van der Waals surface area contributed by atoms with Gasteiger partial charge in [0, 0.05) is 16.7 Å². The Morgan fingerprint density at radius 2 is 1.83 bits per heavy atom. The average Bonchev–Trinajstić information content (AvgIpc) is 2.24. The summed E-state index contributed by atoms with van der Waals surface area (Å²) >= 11 is 3.38. The van der Waals surface area contributed by atoms with Crippen LogP contribution in [0.15, 0.2) is 16.6 Å². The monoisotopic (exact) mass is 320 g/mol. The first-order valence-electron chi connectivity index (χ1n) is 5.22. The fourth-order valence-electron chi connectivity index (χ4n) is 1.50. The Kier molecular flexibility index (Phi) is 4.63. The van der Waals surface area contributed by atoms with Crippen LogP contribution in [-0.4, -0.2) is 12.7 Å². The third kappa shape index (κ3) is 3.64. The molecule has 18 heavy (non-hydrogen) atoms. The topological polar surface area (TPSA) is 35.8 Å². The van der Waals surface area contributed by atoms with Gasteiger partial charge < -0.3 is 5.32 Å². The van der Waals surface area contributed by atoms with E-state index in [0.29, 0.717) is 5.69 Å². The lowest BCUT2D eigenvalue weighted by Gasteiger charge is -2.15. The van der Waals surface area contributed by atoms with Crippen LogP contribution < -0.4 is 5.32 Å². The molecule has 98 valence electrons. The predicted octanol–water partition coefficient (Wildman–Crippen LogP) is 4.18. The summed E-state index contributed by atoms with van der Waals surface area (Å²) in [5.74, 6) is -2.00. The van der Waals surface area contributed by atoms with Crippen LogP contribution in [0.2, 0.25) is 0 Å². The van der Waals surface area contributed by atoms with Crippen LogP contribution in [0.5, 0.6) is 0 Å². The van der Waals surface area contributed by atoms with E-state index in [1.165, 1.54) is 6.07 Å². The summed E-state index contributed by atoms with van der Waals surface area (Å²) in [5.41, 5.74) is 2.44. The molecule has 0 aromatic heterocycles. The van der Waals surface area contributed by atoms with Gasteiger partial charge in [-0.1, -0.05) is 15.9 Å². The van der Waals surface area contributed by atoms with Gasteiger partial charge in [-0.05, 0) is 37.1 Å². The smallest absolute Gasteiger partial charge is 0.383 e. The molecule has 0 saturated heterocycles. The molecule has 1 rings (SSSR count). The molecule has 0 aliphatic carbocycles. The molecule has 1 N–H and O–H groups in total. The summed E-state index contributed by atoms with van der Waals surface area (Å²) in [6, 6.07) is 4.73. The Bertz CT molecular complexity index is 454. The van der Waals surface area contributed by atoms with Crippen molar-refractivity contribution in [3.8, 4) is 6.07 Å². The summed E-state index contributed by atoms with van der Waals surface area (Å²) in [6.07, 6.45) is -4.50. The predicted molar refractivity (Wildman–Crippen MR) is 67.3 cm³/mol. The largest absolute Gasteiger partial charge is 0.406 e. The van der Waals surface area contributed by atoms with Gasteiger partial charge >= 0.3 is 6.18 Å². The standard InChI is InChI=1S/C12H12BrF3N2/c1-7-3-10(4-8(2)11(7)13)18-6-9(5-17)12(14,15)16/h3-4,9,18H,6H2,1-2H3. The van der Waals surface area contributed by atoms with Crippen molar-refractivity contribution in [2.45, 2.75) is 20.0 Å². The van der Waals surface area contributed by atoms with E-state index in [1.807, 2.05) is 13.8 Å². The molecule has 1 atom stereocenters. The van der Waals surface area contributed by atoms with Crippen LogP contribution in [0.3, 0.4) is 0 Å². The molecule has 0 saturated carbocycles. The molecular formula is C12H12BrF3N2. The Morgan fingerprint density at radius 3 is 2.22 bits per heavy atom. The minimum Gasteiger partial charge on any atom is -0.383 e. The van der Waals surface area contributed by atoms with Gasteiger partial charge in [0.1, 0.15) is 0 Å². The number of hydrogen-bond acceptors (Lipinski definition) is 2. The second-order valence-electron chi connectivity index (χ2n) is 4.03. The van der Waals surface area contributed by atoms with Crippen molar-refractivity contribution < 1.29 is 13.2 Å². The molecule has 1 aromatic carbocycles. The molecule has 6 heteroatoms. The zero-order valence-corrected chi connectivity index (χ0v) is 11.5. The highest BCUT2D eigenvalue weighted by molar-refractivity contribution is 9.10. The molecule has 0 amide bonds. The van der Waals surface area contributed by atoms with Crippen LogP contribution in [-0.2, 0) is 0 Å². The van der Waals surface area contributed by atoms with E-state index < -0.39 is 18.6 Å². The van der Waals surface area contributed by atoms with Crippen molar-refractivity contribution in [2.24, 2.45) is 5.92 Å². The fourth-order valence-corrected chi connectivity index (χ4v) is 1.73. The van der Waals surface area contributed by atoms with Gasteiger partial charge in [-0.2, -0.15) is 18.4 Å². The minimum absolute atomic E-state index is 0.444. The fraction of sp³-hybridized carbons (Fsp3) is 0.417. The van der Waals surface area contributed by atoms with E-state index in [1.54, 1.807) is 12.1 Å². The van der Waals surface area contributed by atoms with Gasteiger partial charge in [0.15, 0.2) is 5.92 Å². The van der Waals surface area contributed by atoms with Crippen molar-refractivity contribution in [1.82, 2.24) is 0 Å². The molecule has 0 heterocycles. The SMILES string of the molecule is Cc1cc(NCC(C#N)C(F)(F)F)cc(C)c1Br. The number of rotatable bonds is 3. The summed E-state index contributed by atoms with van der Waals surface area (Å²) in [5, 5.41) is 11.1. The van der Waals surface area contributed by atoms with Crippen molar-refractivity contribution in [3.05, 3.63) is 27.7 Å². The van der Waals surface area contributed by atoms with E-state index in [-0.39, 0.29) is 0 Å². The van der Waals surface area contributed by atoms with Gasteiger partial charge in [-0.25, -0.2) is 0 Å². The number of benzene rings is 1. The quantitative estimate of drug-likeness (QED) is 0.906. The summed E-state index contributed by atoms with van der Waals surface area (Å²) in [6.45, 7) is 3.27. The highest BCUT2D eigenvalue weighted by atomic mass is 79.9. The van der Waals surface area contributed by atoms with E-state index in [4.69, 9.17) is 5.26 Å². The zero-order chi connectivity index (χ0) is 13.9. The van der Waals surface area contributed by atoms with E-state index in [2.05, 4.69) is 21.2 Å². The lowest BCUT2D eigenvalue weighted by Crippen LogP contribution is -2.28. The third-order valence-corrected chi connectivity index (χ3v) is 3.75. The number of anilines is 1. The molecule has 0 radical (unpaired) electrons. The molecule has 0 spiro atoms. The number of nitrogens with zero attached hydrogens (tertiary/aromatic N) is 1. The van der Waals surface area contributed by atoms with E-state index in [9.17, 15) is 13.2 Å². The van der Waals surface area contributed by atoms with Crippen LogP contribution in [0.25, 0.3) is 0 Å². The maximum atomic E-state index is 12.4. The van der Waals surface area contributed by atoms with Gasteiger partial charge in [0.2, 0.25) is 0 Å². The first-order valence-corrected chi connectivity index (χ1v) is 6.02. The number of nitrogens with one attached hydrogen (secondary N) is 1. The number of nitriles is 1. The van der Waals surface area contributed by atoms with Crippen LogP contribution in [0, 0.1) is 31.1 Å². The summed E-state index contributed by atoms with van der Waals surface area (Å²) < 4.78 is 38.1. The maximum absolute atomic E-state index is 12.4. The Balaban J connectivity index is 2.79. The highest BCUT2D eigenvalue weighted by Gasteiger charge is 2.39. The van der Waals surface area contributed by atoms with E-state index in [0.717, 1.165) is 15.6 Å². The zero-order valence-electron chi connectivity index (χ0n) is 9.90.